The molecular formula is C82H108ClN17O15. The molecule has 0 radical (unpaired) electrons. The zero-order valence-electron chi connectivity index (χ0n) is 65.7. The van der Waals surface area contributed by atoms with Gasteiger partial charge in [0, 0.05) is 81.7 Å². The van der Waals surface area contributed by atoms with Crippen LogP contribution in [0.25, 0.3) is 10.8 Å². The van der Waals surface area contributed by atoms with E-state index in [0.29, 0.717) is 47.5 Å². The highest BCUT2D eigenvalue weighted by molar-refractivity contribution is 6.30. The van der Waals surface area contributed by atoms with Crippen LogP contribution >= 0.6 is 11.6 Å². The summed E-state index contributed by atoms with van der Waals surface area (Å²) in [7, 11) is 0. The molecule has 0 saturated carbocycles. The molecule has 618 valence electrons. The summed E-state index contributed by atoms with van der Waals surface area (Å²) < 4.78 is 0. The molecule has 1 aliphatic rings. The minimum Gasteiger partial charge on any atom is -0.480 e. The average Bonchev–Trinajstić information content (AvgIpc) is 1.74. The van der Waals surface area contributed by atoms with E-state index in [1.54, 1.807) is 62.4 Å². The number of benzene rings is 3. The molecule has 1 fully saturated rings. The number of halogens is 1. The van der Waals surface area contributed by atoms with Crippen LogP contribution < -0.4 is 69.5 Å². The SMILES string of the molecule is CC(=O)N[C@@H](Cc1ccc2ccccc2c1)C(=O)N[C@@H](Cc1ccc(Cl)cc1)C(=O)N[C@@H](Cc1cccnc1)C(=O)N[C@@H](CO)C(=O)N[C@@H](CCCCNC(=O)c1ccccn1)C(=O)N[C@@H](CCCCNC(=O)c1ccc(N)nc1)C(=O)N[C@@H](CC(C)C)C(=O)N[C@@H](CCCCNC(C)C)C(=O)N1CCC[C@@H]1C(=O)N[C@@H](C)C(=O)O. The van der Waals surface area contributed by atoms with Crippen molar-refractivity contribution in [2.45, 2.75) is 204 Å². The number of hydrogen-bond donors (Lipinski definition) is 15. The van der Waals surface area contributed by atoms with E-state index >= 15 is 9.59 Å². The van der Waals surface area contributed by atoms with Crippen molar-refractivity contribution in [2.24, 2.45) is 5.92 Å². The van der Waals surface area contributed by atoms with Gasteiger partial charge in [0.15, 0.2) is 0 Å². The molecule has 3 aromatic carbocycles. The van der Waals surface area contributed by atoms with Gasteiger partial charge in [0.1, 0.15) is 71.9 Å². The molecule has 10 atom stereocenters. The number of hydrogen-bond acceptors (Lipinski definition) is 19. The van der Waals surface area contributed by atoms with Crippen LogP contribution in [0.5, 0.6) is 0 Å². The van der Waals surface area contributed by atoms with Crippen LogP contribution in [-0.2, 0) is 72.0 Å². The van der Waals surface area contributed by atoms with Gasteiger partial charge in [-0.05, 0) is 166 Å². The van der Waals surface area contributed by atoms with Gasteiger partial charge in [-0.3, -0.25) is 72.3 Å². The average molecular weight is 1610 g/mol. The quantitative estimate of drug-likeness (QED) is 0.0244. The first-order chi connectivity index (χ1) is 55.0. The maximum atomic E-state index is 15.2. The minimum absolute atomic E-state index is 0.0101. The van der Waals surface area contributed by atoms with Gasteiger partial charge in [0.2, 0.25) is 59.1 Å². The maximum Gasteiger partial charge on any atom is 0.325 e. The molecule has 12 amide bonds. The monoisotopic (exact) mass is 1610 g/mol. The van der Waals surface area contributed by atoms with E-state index in [1.165, 1.54) is 61.7 Å². The van der Waals surface area contributed by atoms with E-state index in [4.69, 9.17) is 17.3 Å². The van der Waals surface area contributed by atoms with Crippen LogP contribution in [-0.4, -0.2) is 206 Å². The number of carbonyl (C=O) groups is 13. The number of rotatable bonds is 46. The highest BCUT2D eigenvalue weighted by Crippen LogP contribution is 2.23. The van der Waals surface area contributed by atoms with Crippen molar-refractivity contribution in [1.29, 1.82) is 0 Å². The number of nitrogen functional groups attached to an aromatic ring is 1. The minimum atomic E-state index is -1.85. The van der Waals surface area contributed by atoms with Crippen LogP contribution in [0.4, 0.5) is 5.82 Å². The van der Waals surface area contributed by atoms with Crippen molar-refractivity contribution < 1.29 is 72.5 Å². The third-order valence-corrected chi connectivity index (χ3v) is 19.4. The number of aliphatic hydroxyl groups excluding tert-OH is 1. The van der Waals surface area contributed by atoms with Crippen molar-refractivity contribution >= 4 is 105 Å². The highest BCUT2D eigenvalue weighted by atomic mass is 35.5. The maximum absolute atomic E-state index is 15.2. The van der Waals surface area contributed by atoms with Crippen molar-refractivity contribution in [3.63, 3.8) is 0 Å². The first-order valence-electron chi connectivity index (χ1n) is 38.9. The van der Waals surface area contributed by atoms with Gasteiger partial charge in [-0.25, -0.2) is 4.98 Å². The number of carboxylic acids is 1. The number of nitrogens with zero attached hydrogens (tertiary/aromatic N) is 4. The molecule has 4 heterocycles. The normalized spacial score (nSPS) is 14.9. The first-order valence-corrected chi connectivity index (χ1v) is 39.3. The summed E-state index contributed by atoms with van der Waals surface area (Å²) in [5.41, 5.74) is 7.78. The molecule has 1 saturated heterocycles. The molecule has 115 heavy (non-hydrogen) atoms. The van der Waals surface area contributed by atoms with Gasteiger partial charge in [0.25, 0.3) is 11.8 Å². The van der Waals surface area contributed by atoms with Crippen LogP contribution in [0.3, 0.4) is 0 Å². The molecular weight excluding hydrogens is 1500 g/mol. The molecule has 3 aromatic heterocycles. The van der Waals surface area contributed by atoms with Crippen LogP contribution in [0.2, 0.25) is 5.02 Å². The Balaban J connectivity index is 1.16. The fraction of sp³-hybridized carbons (Fsp3) is 0.463. The number of amides is 12. The lowest BCUT2D eigenvalue weighted by molar-refractivity contribution is -0.144. The number of carboxylic acid groups (broad SMARTS) is 1. The summed E-state index contributed by atoms with van der Waals surface area (Å²) in [5, 5.41) is 56.1. The number of fused-ring (bicyclic) bond motifs is 1. The second-order valence-corrected chi connectivity index (χ2v) is 29.8. The van der Waals surface area contributed by atoms with Crippen molar-refractivity contribution in [3.8, 4) is 0 Å². The summed E-state index contributed by atoms with van der Waals surface area (Å²) in [4.78, 5) is 197. The van der Waals surface area contributed by atoms with Gasteiger partial charge in [-0.1, -0.05) is 106 Å². The zero-order valence-corrected chi connectivity index (χ0v) is 66.5. The molecule has 0 spiro atoms. The smallest absolute Gasteiger partial charge is 0.325 e. The second-order valence-electron chi connectivity index (χ2n) is 29.3. The first kappa shape index (κ1) is 90.7. The number of aliphatic hydroxyl groups is 1. The predicted octanol–water partition coefficient (Wildman–Crippen LogP) is 3.17. The number of nitrogens with one attached hydrogen (secondary N) is 12. The Morgan fingerprint density at radius 1 is 0.513 bits per heavy atom. The topological polar surface area (TPSA) is 475 Å². The lowest BCUT2D eigenvalue weighted by atomic mass is 9.99. The van der Waals surface area contributed by atoms with E-state index in [2.05, 4.69) is 78.8 Å². The summed E-state index contributed by atoms with van der Waals surface area (Å²) in [5.74, 6) is -10.4. The van der Waals surface area contributed by atoms with Crippen molar-refractivity contribution in [2.75, 3.05) is 38.5 Å². The summed E-state index contributed by atoms with van der Waals surface area (Å²) in [6, 6.07) is 16.9. The number of unbranched alkanes of at least 4 members (excludes halogenated alkanes) is 3. The Morgan fingerprint density at radius 3 is 1.62 bits per heavy atom. The molecule has 33 heteroatoms. The lowest BCUT2D eigenvalue weighted by Crippen LogP contribution is -2.61. The van der Waals surface area contributed by atoms with Gasteiger partial charge in [-0.15, -0.1) is 0 Å². The molecule has 0 aliphatic carbocycles. The number of pyridine rings is 3. The molecule has 0 unspecified atom stereocenters. The number of likely N-dealkylation sites (tertiary alicyclic amines) is 1. The summed E-state index contributed by atoms with van der Waals surface area (Å²) in [6.07, 6.45) is 7.50. The number of carbonyl (C=O) groups excluding carboxylic acids is 12. The Hall–Kier alpha value is -11.5. The van der Waals surface area contributed by atoms with E-state index in [-0.39, 0.29) is 126 Å². The number of aromatic nitrogens is 3. The molecule has 32 nitrogen and oxygen atoms in total. The molecule has 6 aromatic rings. The molecule has 0 bridgehead atoms. The standard InChI is InChI=1S/C82H108ClN17O15/c1-49(2)41-64(75(107)95-63(25-12-13-36-86-50(3)4)81(113)100-40-18-26-69(100)80(112)91-51(5)82(114)115)96-74(106)62(24-10-15-38-88-71(103)58-31-34-70(84)90-47-58)93-73(105)61(23-11-16-39-89-72(104)60-22-9-14-37-87-60)94-79(111)68(48-101)99-78(110)67(45-55-19-17-35-85-46-55)98-77(109)66(43-53-28-32-59(83)33-29-53)97-76(108)65(92-52(6)102)44-54-27-30-56-20-7-8-21-57(56)42-54/h7-9,14,17,19-22,27-35,37,42,46-47,49-51,61-69,86,101H,10-13,15-16,18,23-26,36,38-41,43-45,48H2,1-6H3,(H2,84,90)(H,88,103)(H,89,104)(H,91,112)(H,92,102)(H,93,105)(H,94,111)(H,95,107)(H,96,106)(H,97,108)(H,98,109)(H,99,110)(H,114,115)/t51-,61-,62-,63-,64-,65-,66-,67-,68-,69+/m0/s1. The Labute approximate surface area is 673 Å². The summed E-state index contributed by atoms with van der Waals surface area (Å²) in [6.45, 7) is 9.91. The largest absolute Gasteiger partial charge is 0.480 e. The molecule has 16 N–H and O–H groups in total. The Bertz CT molecular complexity index is 4260. The Kier molecular flexibility index (Phi) is 36.8. The van der Waals surface area contributed by atoms with E-state index in [1.807, 2.05) is 56.3 Å². The third kappa shape index (κ3) is 30.4. The van der Waals surface area contributed by atoms with Gasteiger partial charge in [0.05, 0.1) is 12.2 Å². The van der Waals surface area contributed by atoms with E-state index in [0.717, 1.165) is 10.8 Å². The molecule has 7 rings (SSSR count). The van der Waals surface area contributed by atoms with Crippen LogP contribution in [0.15, 0.2) is 134 Å². The van der Waals surface area contributed by atoms with Gasteiger partial charge < -0.3 is 84.6 Å². The second kappa shape index (κ2) is 46.6. The Morgan fingerprint density at radius 2 is 1.04 bits per heavy atom. The van der Waals surface area contributed by atoms with Crippen molar-refractivity contribution in [3.05, 3.63) is 167 Å². The fourth-order valence-electron chi connectivity index (χ4n) is 13.0. The third-order valence-electron chi connectivity index (χ3n) is 19.2. The highest BCUT2D eigenvalue weighted by Gasteiger charge is 2.41. The van der Waals surface area contributed by atoms with E-state index < -0.39 is 144 Å². The van der Waals surface area contributed by atoms with Crippen LogP contribution in [0, 0.1) is 5.92 Å². The van der Waals surface area contributed by atoms with Gasteiger partial charge in [-0.2, -0.15) is 0 Å². The van der Waals surface area contributed by atoms with Crippen molar-refractivity contribution in [1.82, 2.24) is 83.7 Å². The number of aliphatic carboxylic acids is 1. The number of anilines is 1. The fourth-order valence-corrected chi connectivity index (χ4v) is 13.1. The molecule has 1 aliphatic heterocycles. The number of nitrogens with two attached hydrogens (primary N) is 1. The van der Waals surface area contributed by atoms with Gasteiger partial charge >= 0.3 is 5.97 Å². The zero-order chi connectivity index (χ0) is 83.5. The van der Waals surface area contributed by atoms with E-state index in [9.17, 15) is 63.0 Å². The summed E-state index contributed by atoms with van der Waals surface area (Å²) >= 11 is 6.27. The predicted molar refractivity (Wildman–Crippen MR) is 431 cm³/mol. The van der Waals surface area contributed by atoms with Crippen LogP contribution in [0.1, 0.15) is 156 Å². The lowest BCUT2D eigenvalue weighted by Gasteiger charge is -2.31.